The first kappa shape index (κ1) is 15.6. The Morgan fingerprint density at radius 1 is 1.50 bits per heavy atom. The molecule has 0 bridgehead atoms. The Kier molecular flexibility index (Phi) is 4.87. The molecular weight excluding hydrogens is 320 g/mol. The van der Waals surface area contributed by atoms with Gasteiger partial charge >= 0.3 is 5.00 Å². The topological polar surface area (TPSA) is 66.6 Å². The maximum atomic E-state index is 10.8. The number of thiophene rings is 2. The Balaban J connectivity index is 1.61. The molecule has 3 rings (SSSR count). The Morgan fingerprint density at radius 2 is 2.36 bits per heavy atom. The van der Waals surface area contributed by atoms with Gasteiger partial charge in [0.25, 0.3) is 0 Å². The van der Waals surface area contributed by atoms with Crippen LogP contribution in [-0.4, -0.2) is 27.5 Å². The summed E-state index contributed by atoms with van der Waals surface area (Å²) in [6, 6.07) is 5.93. The third kappa shape index (κ3) is 3.55. The first-order valence-corrected chi connectivity index (χ1v) is 9.06. The molecule has 1 saturated heterocycles. The highest BCUT2D eigenvalue weighted by Gasteiger charge is 2.28. The third-order valence-corrected chi connectivity index (χ3v) is 5.97. The summed E-state index contributed by atoms with van der Waals surface area (Å²) < 4.78 is 0. The smallest absolute Gasteiger partial charge is 0.324 e. The zero-order valence-corrected chi connectivity index (χ0v) is 13.7. The number of hydrogen-bond acceptors (Lipinski definition) is 6. The summed E-state index contributed by atoms with van der Waals surface area (Å²) >= 11 is 2.77. The number of hydrogen-bond donors (Lipinski definition) is 1. The molecule has 118 valence electrons. The SMILES string of the molecule is O=[N+]([O-])c1cc(CN2CCCC2CC(O)c2cccs2)cs1. The van der Waals surface area contributed by atoms with E-state index in [2.05, 4.69) is 4.90 Å². The molecule has 1 aliphatic heterocycles. The van der Waals surface area contributed by atoms with Gasteiger partial charge in [-0.15, -0.1) is 11.3 Å². The second kappa shape index (κ2) is 6.87. The fraction of sp³-hybridized carbons (Fsp3) is 0.467. The number of aliphatic hydroxyl groups is 1. The average Bonchev–Trinajstić information content (AvgIpc) is 3.20. The minimum atomic E-state index is -0.414. The predicted molar refractivity (Wildman–Crippen MR) is 88.3 cm³/mol. The Morgan fingerprint density at radius 3 is 3.05 bits per heavy atom. The van der Waals surface area contributed by atoms with Gasteiger partial charge in [-0.3, -0.25) is 15.0 Å². The molecule has 2 aromatic heterocycles. The average molecular weight is 338 g/mol. The third-order valence-electron chi connectivity index (χ3n) is 4.07. The van der Waals surface area contributed by atoms with Crippen LogP contribution in [0.4, 0.5) is 5.00 Å². The lowest BCUT2D eigenvalue weighted by Crippen LogP contribution is -2.30. The van der Waals surface area contributed by atoms with Crippen LogP contribution in [0, 0.1) is 10.1 Å². The molecule has 7 heteroatoms. The van der Waals surface area contributed by atoms with Gasteiger partial charge in [0.15, 0.2) is 0 Å². The highest BCUT2D eigenvalue weighted by Crippen LogP contribution is 2.31. The van der Waals surface area contributed by atoms with E-state index in [1.165, 1.54) is 11.3 Å². The van der Waals surface area contributed by atoms with Crippen molar-refractivity contribution in [3.8, 4) is 0 Å². The Labute approximate surface area is 137 Å². The maximum Gasteiger partial charge on any atom is 0.324 e. The van der Waals surface area contributed by atoms with Crippen molar-refractivity contribution in [1.29, 1.82) is 0 Å². The number of nitro groups is 1. The standard InChI is InChI=1S/C15H18N2O3S2/c18-13(14-4-2-6-21-14)8-12-3-1-5-16(12)9-11-7-15(17(19)20)22-10-11/h2,4,6-7,10,12-13,18H,1,3,5,8-9H2. The lowest BCUT2D eigenvalue weighted by Gasteiger charge is -2.25. The Hall–Kier alpha value is -1.28. The minimum absolute atomic E-state index is 0.198. The Bertz CT molecular complexity index is 627. The van der Waals surface area contributed by atoms with Crippen molar-refractivity contribution >= 4 is 27.7 Å². The van der Waals surface area contributed by atoms with Crippen LogP contribution >= 0.6 is 22.7 Å². The second-order valence-corrected chi connectivity index (χ2v) is 7.45. The summed E-state index contributed by atoms with van der Waals surface area (Å²) in [5, 5.41) is 25.1. The van der Waals surface area contributed by atoms with E-state index >= 15 is 0 Å². The van der Waals surface area contributed by atoms with Gasteiger partial charge in [-0.05, 0) is 42.8 Å². The first-order chi connectivity index (χ1) is 10.6. The molecule has 0 saturated carbocycles. The lowest BCUT2D eigenvalue weighted by molar-refractivity contribution is -0.380. The number of rotatable bonds is 6. The molecule has 22 heavy (non-hydrogen) atoms. The van der Waals surface area contributed by atoms with Crippen molar-refractivity contribution in [2.45, 2.75) is 38.0 Å². The van der Waals surface area contributed by atoms with Crippen molar-refractivity contribution in [3.05, 3.63) is 49.5 Å². The summed E-state index contributed by atoms with van der Waals surface area (Å²) in [5.41, 5.74) is 0.995. The maximum absolute atomic E-state index is 10.8. The summed E-state index contributed by atoms with van der Waals surface area (Å²) in [7, 11) is 0. The van der Waals surface area contributed by atoms with Crippen LogP contribution in [0.5, 0.6) is 0 Å². The van der Waals surface area contributed by atoms with E-state index in [1.807, 2.05) is 22.9 Å². The van der Waals surface area contributed by atoms with E-state index < -0.39 is 6.10 Å². The van der Waals surface area contributed by atoms with Gasteiger partial charge in [0, 0.05) is 28.9 Å². The summed E-state index contributed by atoms with van der Waals surface area (Å²) in [6.45, 7) is 1.72. The first-order valence-electron chi connectivity index (χ1n) is 7.31. The van der Waals surface area contributed by atoms with Crippen molar-refractivity contribution in [1.82, 2.24) is 4.90 Å². The highest BCUT2D eigenvalue weighted by atomic mass is 32.1. The van der Waals surface area contributed by atoms with Crippen LogP contribution in [0.3, 0.4) is 0 Å². The van der Waals surface area contributed by atoms with Crippen LogP contribution in [0.2, 0.25) is 0 Å². The van der Waals surface area contributed by atoms with Gasteiger partial charge in [0.05, 0.1) is 11.0 Å². The van der Waals surface area contributed by atoms with Gasteiger partial charge in [-0.25, -0.2) is 0 Å². The van der Waals surface area contributed by atoms with Gasteiger partial charge in [-0.2, -0.15) is 0 Å². The van der Waals surface area contributed by atoms with Crippen molar-refractivity contribution in [3.63, 3.8) is 0 Å². The molecule has 0 aliphatic carbocycles. The van der Waals surface area contributed by atoms with E-state index in [1.54, 1.807) is 17.4 Å². The molecule has 1 fully saturated rings. The molecule has 3 heterocycles. The van der Waals surface area contributed by atoms with E-state index in [4.69, 9.17) is 0 Å². The van der Waals surface area contributed by atoms with Crippen LogP contribution in [-0.2, 0) is 6.54 Å². The van der Waals surface area contributed by atoms with E-state index in [0.29, 0.717) is 6.04 Å². The molecule has 2 atom stereocenters. The number of nitrogens with zero attached hydrogens (tertiary/aromatic N) is 2. The summed E-state index contributed by atoms with van der Waals surface area (Å²) in [4.78, 5) is 13.8. The van der Waals surface area contributed by atoms with Crippen LogP contribution in [0.1, 0.15) is 35.8 Å². The van der Waals surface area contributed by atoms with Crippen molar-refractivity contribution in [2.24, 2.45) is 0 Å². The molecule has 0 spiro atoms. The molecule has 2 unspecified atom stereocenters. The fourth-order valence-corrected chi connectivity index (χ4v) is 4.45. The van der Waals surface area contributed by atoms with Gasteiger partial charge in [0.1, 0.15) is 0 Å². The monoisotopic (exact) mass is 338 g/mol. The molecule has 1 aliphatic rings. The van der Waals surface area contributed by atoms with Crippen LogP contribution in [0.15, 0.2) is 29.0 Å². The number of aliphatic hydroxyl groups excluding tert-OH is 1. The molecule has 1 N–H and O–H groups in total. The van der Waals surface area contributed by atoms with Crippen LogP contribution < -0.4 is 0 Å². The summed E-state index contributed by atoms with van der Waals surface area (Å²) in [5.74, 6) is 0. The van der Waals surface area contributed by atoms with Gasteiger partial charge in [-0.1, -0.05) is 17.4 Å². The molecule has 0 amide bonds. The molecular formula is C15H18N2O3S2. The summed E-state index contributed by atoms with van der Waals surface area (Å²) in [6.07, 6.45) is 2.51. The zero-order chi connectivity index (χ0) is 15.5. The van der Waals surface area contributed by atoms with E-state index in [0.717, 1.165) is 42.8 Å². The quantitative estimate of drug-likeness (QED) is 0.642. The van der Waals surface area contributed by atoms with Gasteiger partial charge < -0.3 is 5.11 Å². The highest BCUT2D eigenvalue weighted by molar-refractivity contribution is 7.13. The van der Waals surface area contributed by atoms with Crippen LogP contribution in [0.25, 0.3) is 0 Å². The molecule has 0 aromatic carbocycles. The second-order valence-electron chi connectivity index (χ2n) is 5.58. The lowest BCUT2D eigenvalue weighted by atomic mass is 10.1. The van der Waals surface area contributed by atoms with Crippen molar-refractivity contribution < 1.29 is 10.0 Å². The van der Waals surface area contributed by atoms with E-state index in [9.17, 15) is 15.2 Å². The van der Waals surface area contributed by atoms with E-state index in [-0.39, 0.29) is 9.92 Å². The molecule has 5 nitrogen and oxygen atoms in total. The largest absolute Gasteiger partial charge is 0.388 e. The zero-order valence-electron chi connectivity index (χ0n) is 12.1. The van der Waals surface area contributed by atoms with Crippen molar-refractivity contribution in [2.75, 3.05) is 6.54 Å². The minimum Gasteiger partial charge on any atom is -0.388 e. The van der Waals surface area contributed by atoms with Gasteiger partial charge in [0.2, 0.25) is 0 Å². The molecule has 0 radical (unpaired) electrons. The predicted octanol–water partition coefficient (Wildman–Crippen LogP) is 3.81. The number of likely N-dealkylation sites (tertiary alicyclic amines) is 1. The fourth-order valence-electron chi connectivity index (χ4n) is 3.00. The molecule has 2 aromatic rings. The normalized spacial score (nSPS) is 20.3.